The average Bonchev–Trinajstić information content (AvgIpc) is 2.68. The van der Waals surface area contributed by atoms with E-state index in [2.05, 4.69) is 23.7 Å². The van der Waals surface area contributed by atoms with Crippen molar-refractivity contribution in [3.8, 4) is 0 Å². The Morgan fingerprint density at radius 1 is 1.60 bits per heavy atom. The van der Waals surface area contributed by atoms with Gasteiger partial charge in [0, 0.05) is 12.1 Å². The van der Waals surface area contributed by atoms with Gasteiger partial charge in [0.05, 0.1) is 0 Å². The van der Waals surface area contributed by atoms with Gasteiger partial charge >= 0.3 is 0 Å². The first-order valence-electron chi connectivity index (χ1n) is 4.94. The number of nitrogens with zero attached hydrogens (tertiary/aromatic N) is 2. The lowest BCUT2D eigenvalue weighted by atomic mass is 10.0. The van der Waals surface area contributed by atoms with Crippen molar-refractivity contribution in [2.75, 3.05) is 11.4 Å². The van der Waals surface area contributed by atoms with Crippen LogP contribution in [-0.2, 0) is 0 Å². The number of hydrogen-bond donors (Lipinski definition) is 0. The van der Waals surface area contributed by atoms with E-state index in [0.29, 0.717) is 10.0 Å². The SMILES string of the molecule is CC1(C)CCCN1c1nc(Cl)c(C=O)s1. The number of aldehydes is 1. The Balaban J connectivity index is 2.33. The highest BCUT2D eigenvalue weighted by atomic mass is 35.5. The summed E-state index contributed by atoms with van der Waals surface area (Å²) < 4.78 is 0. The lowest BCUT2D eigenvalue weighted by Gasteiger charge is -2.31. The highest BCUT2D eigenvalue weighted by Crippen LogP contribution is 2.37. The monoisotopic (exact) mass is 244 g/mol. The van der Waals surface area contributed by atoms with Gasteiger partial charge < -0.3 is 4.90 Å². The molecule has 0 saturated carbocycles. The number of aromatic nitrogens is 1. The zero-order valence-electron chi connectivity index (χ0n) is 8.79. The quantitative estimate of drug-likeness (QED) is 0.750. The molecule has 0 atom stereocenters. The first-order chi connectivity index (χ1) is 7.04. The van der Waals surface area contributed by atoms with E-state index >= 15 is 0 Å². The molecule has 0 unspecified atom stereocenters. The van der Waals surface area contributed by atoms with Gasteiger partial charge in [0.25, 0.3) is 0 Å². The first-order valence-corrected chi connectivity index (χ1v) is 6.13. The van der Waals surface area contributed by atoms with E-state index in [1.165, 1.54) is 17.8 Å². The third kappa shape index (κ3) is 1.88. The molecule has 0 radical (unpaired) electrons. The largest absolute Gasteiger partial charge is 0.343 e. The second kappa shape index (κ2) is 3.76. The van der Waals surface area contributed by atoms with Gasteiger partial charge in [-0.2, -0.15) is 0 Å². The second-order valence-corrected chi connectivity index (χ2v) is 5.70. The Hall–Kier alpha value is -0.610. The summed E-state index contributed by atoms with van der Waals surface area (Å²) in [6.45, 7) is 5.38. The molecule has 0 N–H and O–H groups in total. The van der Waals surface area contributed by atoms with Gasteiger partial charge in [0.15, 0.2) is 16.6 Å². The summed E-state index contributed by atoms with van der Waals surface area (Å²) in [6, 6.07) is 0. The second-order valence-electron chi connectivity index (χ2n) is 4.34. The Morgan fingerprint density at radius 3 is 2.80 bits per heavy atom. The lowest BCUT2D eigenvalue weighted by Crippen LogP contribution is -2.37. The summed E-state index contributed by atoms with van der Waals surface area (Å²) in [5, 5.41) is 1.19. The molecule has 3 nitrogen and oxygen atoms in total. The van der Waals surface area contributed by atoms with Gasteiger partial charge in [0.2, 0.25) is 0 Å². The third-order valence-electron chi connectivity index (χ3n) is 2.84. The molecule has 0 aromatic carbocycles. The van der Waals surface area contributed by atoms with E-state index in [4.69, 9.17) is 11.6 Å². The van der Waals surface area contributed by atoms with Crippen LogP contribution in [-0.4, -0.2) is 23.4 Å². The molecule has 5 heteroatoms. The normalized spacial score (nSPS) is 19.5. The van der Waals surface area contributed by atoms with Crippen LogP contribution in [0.2, 0.25) is 5.15 Å². The molecule has 1 aromatic rings. The Morgan fingerprint density at radius 2 is 2.33 bits per heavy atom. The number of carbonyl (C=O) groups excluding carboxylic acids is 1. The highest BCUT2D eigenvalue weighted by Gasteiger charge is 2.34. The van der Waals surface area contributed by atoms with E-state index in [1.54, 1.807) is 0 Å². The molecule has 1 saturated heterocycles. The van der Waals surface area contributed by atoms with E-state index < -0.39 is 0 Å². The van der Waals surface area contributed by atoms with Crippen molar-refractivity contribution in [2.45, 2.75) is 32.2 Å². The fourth-order valence-corrected chi connectivity index (χ4v) is 3.20. The van der Waals surface area contributed by atoms with Gasteiger partial charge in [-0.05, 0) is 26.7 Å². The number of hydrogen-bond acceptors (Lipinski definition) is 4. The molecular formula is C10H13ClN2OS. The summed E-state index contributed by atoms with van der Waals surface area (Å²) in [4.78, 5) is 17.7. The maximum Gasteiger partial charge on any atom is 0.187 e. The summed E-state index contributed by atoms with van der Waals surface area (Å²) in [5.74, 6) is 0. The smallest absolute Gasteiger partial charge is 0.187 e. The van der Waals surface area contributed by atoms with E-state index in [-0.39, 0.29) is 5.54 Å². The van der Waals surface area contributed by atoms with Crippen LogP contribution in [0.3, 0.4) is 0 Å². The zero-order valence-corrected chi connectivity index (χ0v) is 10.4. The van der Waals surface area contributed by atoms with Crippen molar-refractivity contribution in [3.63, 3.8) is 0 Å². The number of carbonyl (C=O) groups is 1. The molecule has 1 aromatic heterocycles. The molecule has 2 heterocycles. The predicted octanol–water partition coefficient (Wildman–Crippen LogP) is 2.99. The Kier molecular flexibility index (Phi) is 2.73. The zero-order chi connectivity index (χ0) is 11.1. The van der Waals surface area contributed by atoms with Crippen molar-refractivity contribution < 1.29 is 4.79 Å². The molecule has 0 bridgehead atoms. The average molecular weight is 245 g/mol. The molecule has 1 aliphatic rings. The predicted molar refractivity (Wildman–Crippen MR) is 63.2 cm³/mol. The van der Waals surface area contributed by atoms with Crippen LogP contribution in [0, 0.1) is 0 Å². The van der Waals surface area contributed by atoms with Crippen LogP contribution in [0.25, 0.3) is 0 Å². The molecule has 1 aliphatic heterocycles. The van der Waals surface area contributed by atoms with Gasteiger partial charge in [0.1, 0.15) is 4.88 Å². The number of anilines is 1. The molecule has 1 fully saturated rings. The summed E-state index contributed by atoms with van der Waals surface area (Å²) in [6.07, 6.45) is 3.09. The highest BCUT2D eigenvalue weighted by molar-refractivity contribution is 7.17. The van der Waals surface area contributed by atoms with Crippen molar-refractivity contribution in [1.82, 2.24) is 4.98 Å². The standard InChI is InChI=1S/C10H13ClN2OS/c1-10(2)4-3-5-13(10)9-12-8(11)7(6-14)15-9/h6H,3-5H2,1-2H3. The maximum atomic E-state index is 10.7. The minimum Gasteiger partial charge on any atom is -0.343 e. The van der Waals surface area contributed by atoms with Gasteiger partial charge in [-0.3, -0.25) is 4.79 Å². The van der Waals surface area contributed by atoms with Crippen LogP contribution in [0.1, 0.15) is 36.4 Å². The maximum absolute atomic E-state index is 10.7. The van der Waals surface area contributed by atoms with Crippen molar-refractivity contribution >= 4 is 34.4 Å². The van der Waals surface area contributed by atoms with E-state index in [9.17, 15) is 4.79 Å². The molecule has 15 heavy (non-hydrogen) atoms. The topological polar surface area (TPSA) is 33.2 Å². The third-order valence-corrected chi connectivity index (χ3v) is 4.24. The van der Waals surface area contributed by atoms with Crippen molar-refractivity contribution in [1.29, 1.82) is 0 Å². The summed E-state index contributed by atoms with van der Waals surface area (Å²) in [7, 11) is 0. The Bertz CT molecular complexity index is 389. The van der Waals surface area contributed by atoms with E-state index in [1.807, 2.05) is 0 Å². The number of thiazole rings is 1. The van der Waals surface area contributed by atoms with E-state index in [0.717, 1.165) is 24.4 Å². The number of rotatable bonds is 2. The minimum absolute atomic E-state index is 0.126. The van der Waals surface area contributed by atoms with Crippen LogP contribution < -0.4 is 4.90 Å². The minimum atomic E-state index is 0.126. The fourth-order valence-electron chi connectivity index (χ4n) is 1.95. The number of halogens is 1. The van der Waals surface area contributed by atoms with Gasteiger partial charge in [-0.25, -0.2) is 4.98 Å². The molecule has 82 valence electrons. The van der Waals surface area contributed by atoms with Gasteiger partial charge in [-0.15, -0.1) is 0 Å². The molecule has 2 rings (SSSR count). The molecule has 0 aliphatic carbocycles. The molecule has 0 amide bonds. The van der Waals surface area contributed by atoms with Crippen LogP contribution in [0.5, 0.6) is 0 Å². The molecule has 0 spiro atoms. The van der Waals surface area contributed by atoms with Crippen LogP contribution in [0.4, 0.5) is 5.13 Å². The van der Waals surface area contributed by atoms with Crippen molar-refractivity contribution in [3.05, 3.63) is 10.0 Å². The lowest BCUT2D eigenvalue weighted by molar-refractivity contribution is 0.112. The van der Waals surface area contributed by atoms with Crippen molar-refractivity contribution in [2.24, 2.45) is 0 Å². The summed E-state index contributed by atoms with van der Waals surface area (Å²) in [5.41, 5.74) is 0.126. The first kappa shape index (κ1) is 10.9. The van der Waals surface area contributed by atoms with Gasteiger partial charge in [-0.1, -0.05) is 22.9 Å². The fraction of sp³-hybridized carbons (Fsp3) is 0.600. The Labute approximate surface area is 98.1 Å². The summed E-state index contributed by atoms with van der Waals surface area (Å²) >= 11 is 7.23. The molecular weight excluding hydrogens is 232 g/mol. The van der Waals surface area contributed by atoms with Crippen LogP contribution >= 0.6 is 22.9 Å². The van der Waals surface area contributed by atoms with Crippen LogP contribution in [0.15, 0.2) is 0 Å².